The van der Waals surface area contributed by atoms with E-state index in [-0.39, 0.29) is 5.75 Å². The monoisotopic (exact) mass is 398 g/mol. The molecule has 0 amide bonds. The summed E-state index contributed by atoms with van der Waals surface area (Å²) >= 11 is 9.07. The Morgan fingerprint density at radius 1 is 1.21 bits per heavy atom. The summed E-state index contributed by atoms with van der Waals surface area (Å²) < 4.78 is 29.3. The Balaban J connectivity index is 1.78. The third kappa shape index (κ3) is 4.42. The summed E-state index contributed by atoms with van der Waals surface area (Å²) in [5, 5.41) is 0.584. The third-order valence-corrected chi connectivity index (χ3v) is 6.74. The van der Waals surface area contributed by atoms with Gasteiger partial charge in [-0.3, -0.25) is 4.72 Å². The van der Waals surface area contributed by atoms with Gasteiger partial charge in [-0.25, -0.2) is 13.4 Å². The zero-order valence-corrected chi connectivity index (χ0v) is 16.0. The highest BCUT2D eigenvalue weighted by Crippen LogP contribution is 2.31. The molecule has 0 saturated heterocycles. The van der Waals surface area contributed by atoms with Gasteiger partial charge in [-0.15, -0.1) is 11.3 Å². The number of halogens is 1. The molecule has 0 spiro atoms. The van der Waals surface area contributed by atoms with Crippen LogP contribution in [0, 0.1) is 0 Å². The summed E-state index contributed by atoms with van der Waals surface area (Å²) in [5.41, 5.74) is 2.12. The van der Waals surface area contributed by atoms with Crippen molar-refractivity contribution in [2.24, 2.45) is 0 Å². The van der Waals surface area contributed by atoms with Gasteiger partial charge in [0.25, 0.3) is 0 Å². The highest BCUT2D eigenvalue weighted by atomic mass is 35.5. The highest BCUT2D eigenvalue weighted by molar-refractivity contribution is 8.01. The number of anilines is 1. The van der Waals surface area contributed by atoms with Crippen molar-refractivity contribution in [3.63, 3.8) is 0 Å². The Bertz CT molecular complexity index is 953. The molecular weight excluding hydrogens is 384 g/mol. The molecular formula is C16H15ClN2O2S3. The molecule has 0 aliphatic carbocycles. The lowest BCUT2D eigenvalue weighted by Gasteiger charge is -2.08. The lowest BCUT2D eigenvalue weighted by atomic mass is 10.2. The van der Waals surface area contributed by atoms with E-state index in [1.54, 1.807) is 53.4 Å². The van der Waals surface area contributed by atoms with Gasteiger partial charge in [0.2, 0.25) is 10.0 Å². The Morgan fingerprint density at radius 3 is 2.67 bits per heavy atom. The van der Waals surface area contributed by atoms with Crippen LogP contribution in [-0.4, -0.2) is 19.2 Å². The number of benzene rings is 2. The van der Waals surface area contributed by atoms with Crippen molar-refractivity contribution >= 4 is 60.6 Å². The Morgan fingerprint density at radius 2 is 1.96 bits per heavy atom. The molecule has 1 aromatic heterocycles. The van der Waals surface area contributed by atoms with Gasteiger partial charge in [0, 0.05) is 5.02 Å². The average molecular weight is 399 g/mol. The zero-order chi connectivity index (χ0) is 17.2. The predicted molar refractivity (Wildman–Crippen MR) is 104 cm³/mol. The predicted octanol–water partition coefficient (Wildman–Crippen LogP) is 5.00. The molecule has 0 atom stereocenters. The van der Waals surface area contributed by atoms with E-state index in [9.17, 15) is 8.42 Å². The summed E-state index contributed by atoms with van der Waals surface area (Å²) in [7, 11) is -3.49. The van der Waals surface area contributed by atoms with Crippen LogP contribution in [0.5, 0.6) is 0 Å². The minimum Gasteiger partial charge on any atom is -0.283 e. The molecule has 8 heteroatoms. The topological polar surface area (TPSA) is 59.1 Å². The summed E-state index contributed by atoms with van der Waals surface area (Å²) in [6.07, 6.45) is 0. The van der Waals surface area contributed by atoms with E-state index in [0.29, 0.717) is 16.3 Å². The third-order valence-electron chi connectivity index (χ3n) is 3.18. The largest absolute Gasteiger partial charge is 0.283 e. The molecule has 1 N–H and O–H groups in total. The van der Waals surface area contributed by atoms with Crippen molar-refractivity contribution < 1.29 is 8.42 Å². The first-order valence-corrected chi connectivity index (χ1v) is 11.1. The molecule has 2 aromatic carbocycles. The van der Waals surface area contributed by atoms with Crippen molar-refractivity contribution in [3.05, 3.63) is 53.1 Å². The molecule has 0 bridgehead atoms. The van der Waals surface area contributed by atoms with Gasteiger partial charge in [-0.2, -0.15) is 0 Å². The number of thioether (sulfide) groups is 1. The van der Waals surface area contributed by atoms with Gasteiger partial charge < -0.3 is 0 Å². The number of nitrogens with one attached hydrogen (secondary N) is 1. The van der Waals surface area contributed by atoms with E-state index in [1.807, 2.05) is 12.1 Å². The quantitative estimate of drug-likeness (QED) is 0.593. The number of fused-ring (bicyclic) bond motifs is 1. The van der Waals surface area contributed by atoms with Crippen LogP contribution in [0.3, 0.4) is 0 Å². The molecule has 0 saturated carbocycles. The molecule has 0 radical (unpaired) electrons. The van der Waals surface area contributed by atoms with Gasteiger partial charge in [0.1, 0.15) is 0 Å². The number of hydrogen-bond acceptors (Lipinski definition) is 5. The van der Waals surface area contributed by atoms with Gasteiger partial charge in [-0.1, -0.05) is 42.4 Å². The van der Waals surface area contributed by atoms with E-state index in [4.69, 9.17) is 11.6 Å². The van der Waals surface area contributed by atoms with Crippen LogP contribution in [0.2, 0.25) is 5.02 Å². The maximum atomic E-state index is 12.3. The van der Waals surface area contributed by atoms with Gasteiger partial charge >= 0.3 is 0 Å². The smallest absolute Gasteiger partial charge is 0.236 e. The number of sulfonamides is 1. The van der Waals surface area contributed by atoms with Crippen molar-refractivity contribution in [2.75, 3.05) is 10.5 Å². The minimum atomic E-state index is -3.49. The molecule has 0 unspecified atom stereocenters. The number of nitrogens with zero attached hydrogens (tertiary/aromatic N) is 1. The second-order valence-corrected chi connectivity index (χ2v) is 9.78. The van der Waals surface area contributed by atoms with Gasteiger partial charge in [-0.05, 0) is 41.6 Å². The van der Waals surface area contributed by atoms with Gasteiger partial charge in [0.15, 0.2) is 4.34 Å². The van der Waals surface area contributed by atoms with Crippen LogP contribution in [0.1, 0.15) is 12.5 Å². The number of hydrogen-bond donors (Lipinski definition) is 1. The van der Waals surface area contributed by atoms with E-state index in [1.165, 1.54) is 0 Å². The van der Waals surface area contributed by atoms with Crippen LogP contribution in [-0.2, 0) is 15.8 Å². The maximum Gasteiger partial charge on any atom is 0.236 e. The summed E-state index contributed by atoms with van der Waals surface area (Å²) in [6, 6.07) is 12.2. The van der Waals surface area contributed by atoms with Crippen LogP contribution in [0.25, 0.3) is 10.2 Å². The first-order valence-electron chi connectivity index (χ1n) is 7.23. The summed E-state index contributed by atoms with van der Waals surface area (Å²) in [6.45, 7) is 2.08. The van der Waals surface area contributed by atoms with Crippen molar-refractivity contribution in [1.82, 2.24) is 4.98 Å². The van der Waals surface area contributed by atoms with Crippen molar-refractivity contribution in [2.45, 2.75) is 17.0 Å². The first kappa shape index (κ1) is 17.5. The van der Waals surface area contributed by atoms with Crippen molar-refractivity contribution in [1.29, 1.82) is 0 Å². The standard InChI is InChI=1S/C16H15ClN2O2S3/c1-2-22-16-18-14-8-7-13(9-15(14)23-16)19-24(20,21)10-11-3-5-12(17)6-4-11/h3-9,19H,2,10H2,1H3. The van der Waals surface area contributed by atoms with Crippen LogP contribution in [0.15, 0.2) is 46.8 Å². The average Bonchev–Trinajstić information content (AvgIpc) is 2.91. The SMILES string of the molecule is CCSc1nc2ccc(NS(=O)(=O)Cc3ccc(Cl)cc3)cc2s1. The normalized spacial score (nSPS) is 11.8. The molecule has 0 fully saturated rings. The van der Waals surface area contributed by atoms with Gasteiger partial charge in [0.05, 0.1) is 21.7 Å². The fourth-order valence-electron chi connectivity index (χ4n) is 2.17. The van der Waals surface area contributed by atoms with Crippen LogP contribution < -0.4 is 4.72 Å². The molecule has 4 nitrogen and oxygen atoms in total. The molecule has 1 heterocycles. The van der Waals surface area contributed by atoms with Crippen molar-refractivity contribution in [3.8, 4) is 0 Å². The number of aromatic nitrogens is 1. The van der Waals surface area contributed by atoms with E-state index < -0.39 is 10.0 Å². The fraction of sp³-hybridized carbons (Fsp3) is 0.188. The second-order valence-electron chi connectivity index (χ2n) is 5.08. The Labute approximate surface area is 154 Å². The first-order chi connectivity index (χ1) is 11.4. The van der Waals surface area contributed by atoms with E-state index in [0.717, 1.165) is 20.3 Å². The highest BCUT2D eigenvalue weighted by Gasteiger charge is 2.13. The molecule has 0 aliphatic rings. The fourth-order valence-corrected chi connectivity index (χ4v) is 5.49. The Hall–Kier alpha value is -1.28. The number of thiazole rings is 1. The Kier molecular flexibility index (Phi) is 5.34. The van der Waals surface area contributed by atoms with Crippen LogP contribution in [0.4, 0.5) is 5.69 Å². The molecule has 0 aliphatic heterocycles. The minimum absolute atomic E-state index is 0.0954. The zero-order valence-electron chi connectivity index (χ0n) is 12.8. The second kappa shape index (κ2) is 7.31. The maximum absolute atomic E-state index is 12.3. The molecule has 126 valence electrons. The molecule has 24 heavy (non-hydrogen) atoms. The lowest BCUT2D eigenvalue weighted by Crippen LogP contribution is -2.14. The van der Waals surface area contributed by atoms with E-state index in [2.05, 4.69) is 16.6 Å². The van der Waals surface area contributed by atoms with Crippen LogP contribution >= 0.6 is 34.7 Å². The summed E-state index contributed by atoms with van der Waals surface area (Å²) in [4.78, 5) is 4.51. The number of rotatable bonds is 6. The lowest BCUT2D eigenvalue weighted by molar-refractivity contribution is 0.600. The summed E-state index contributed by atoms with van der Waals surface area (Å²) in [5.74, 6) is 0.863. The molecule has 3 aromatic rings. The van der Waals surface area contributed by atoms with E-state index >= 15 is 0 Å². The molecule has 3 rings (SSSR count).